The molecule has 0 bridgehead atoms. The molecule has 0 saturated carbocycles. The lowest BCUT2D eigenvalue weighted by Crippen LogP contribution is -2.42. The van der Waals surface area contributed by atoms with Crippen molar-refractivity contribution in [2.45, 2.75) is 53.6 Å². The van der Waals surface area contributed by atoms with E-state index in [9.17, 15) is 4.79 Å². The summed E-state index contributed by atoms with van der Waals surface area (Å²) in [7, 11) is 1.95. The van der Waals surface area contributed by atoms with Gasteiger partial charge in [-0.05, 0) is 59.7 Å². The van der Waals surface area contributed by atoms with E-state index in [-0.39, 0.29) is 5.91 Å². The molecule has 2 aromatic heterocycles. The Morgan fingerprint density at radius 2 is 1.90 bits per heavy atom. The Morgan fingerprint density at radius 3 is 2.48 bits per heavy atom. The normalized spacial score (nSPS) is 11.9. The van der Waals surface area contributed by atoms with Crippen molar-refractivity contribution in [3.63, 3.8) is 0 Å². The second kappa shape index (κ2) is 8.63. The monoisotopic (exact) mass is 413 g/mol. The summed E-state index contributed by atoms with van der Waals surface area (Å²) in [4.78, 5) is 19.8. The predicted molar refractivity (Wildman–Crippen MR) is 121 cm³/mol. The number of aromatic nitrogens is 3. The molecule has 156 valence electrons. The molecule has 0 radical (unpaired) electrons. The van der Waals surface area contributed by atoms with Crippen molar-refractivity contribution in [1.82, 2.24) is 25.0 Å². The van der Waals surface area contributed by atoms with Crippen molar-refractivity contribution >= 4 is 27.5 Å². The summed E-state index contributed by atoms with van der Waals surface area (Å²) in [5.41, 5.74) is 4.74. The Bertz CT molecular complexity index is 1010. The third-order valence-corrected chi connectivity index (χ3v) is 6.39. The van der Waals surface area contributed by atoms with E-state index in [0.29, 0.717) is 24.2 Å². The molecule has 0 aliphatic carbocycles. The fraction of sp³-hybridized carbons (Fsp3) is 0.500. The maximum absolute atomic E-state index is 12.6. The zero-order valence-corrected chi connectivity index (χ0v) is 19.2. The molecule has 1 N–H and O–H groups in total. The Morgan fingerprint density at radius 1 is 1.21 bits per heavy atom. The summed E-state index contributed by atoms with van der Waals surface area (Å²) >= 11 is 1.61. The van der Waals surface area contributed by atoms with Crippen LogP contribution in [0.4, 0.5) is 0 Å². The highest BCUT2D eigenvalue weighted by Crippen LogP contribution is 2.34. The van der Waals surface area contributed by atoms with Crippen LogP contribution < -0.4 is 5.32 Å². The van der Waals surface area contributed by atoms with Gasteiger partial charge in [-0.3, -0.25) is 14.4 Å². The predicted octanol–water partition coefficient (Wildman–Crippen LogP) is 4.16. The van der Waals surface area contributed by atoms with Gasteiger partial charge in [0.2, 0.25) is 0 Å². The van der Waals surface area contributed by atoms with Crippen molar-refractivity contribution < 1.29 is 4.79 Å². The first kappa shape index (κ1) is 21.5. The molecule has 29 heavy (non-hydrogen) atoms. The molecule has 3 rings (SSSR count). The number of hydrogen-bond acceptors (Lipinski definition) is 5. The SMILES string of the molecule is Cc1nn(C)c(C)c1-c1nc2ccc(C(=O)NCCN(C(C)C)C(C)C)cc2s1. The Labute approximate surface area is 176 Å². The summed E-state index contributed by atoms with van der Waals surface area (Å²) in [6.45, 7) is 14.3. The number of carbonyl (C=O) groups is 1. The number of nitrogens with zero attached hydrogens (tertiary/aromatic N) is 4. The third-order valence-electron chi connectivity index (χ3n) is 5.36. The number of aryl methyl sites for hydroxylation is 2. The highest BCUT2D eigenvalue weighted by atomic mass is 32.1. The Balaban J connectivity index is 1.75. The van der Waals surface area contributed by atoms with E-state index in [1.165, 1.54) is 0 Å². The van der Waals surface area contributed by atoms with Gasteiger partial charge in [-0.25, -0.2) is 4.98 Å². The van der Waals surface area contributed by atoms with Crippen molar-refractivity contribution in [1.29, 1.82) is 0 Å². The van der Waals surface area contributed by atoms with Crippen molar-refractivity contribution in [2.75, 3.05) is 13.1 Å². The quantitative estimate of drug-likeness (QED) is 0.632. The van der Waals surface area contributed by atoms with E-state index < -0.39 is 0 Å². The van der Waals surface area contributed by atoms with Gasteiger partial charge in [0.15, 0.2) is 0 Å². The summed E-state index contributed by atoms with van der Waals surface area (Å²) < 4.78 is 2.90. The minimum Gasteiger partial charge on any atom is -0.351 e. The van der Waals surface area contributed by atoms with Crippen molar-refractivity contribution in [3.8, 4) is 10.6 Å². The molecular weight excluding hydrogens is 382 g/mol. The number of carbonyl (C=O) groups excluding carboxylic acids is 1. The van der Waals surface area contributed by atoms with Crippen molar-refractivity contribution in [2.24, 2.45) is 7.05 Å². The zero-order chi connectivity index (χ0) is 21.3. The number of benzene rings is 1. The standard InChI is InChI=1S/C22H31N5OS/c1-13(2)27(14(3)4)11-10-23-21(28)17-8-9-18-19(12-17)29-22(24-18)20-15(5)25-26(7)16(20)6/h8-9,12-14H,10-11H2,1-7H3,(H,23,28). The first-order valence-corrected chi connectivity index (χ1v) is 11.0. The van der Waals surface area contributed by atoms with Crippen LogP contribution in [0.15, 0.2) is 18.2 Å². The lowest BCUT2D eigenvalue weighted by atomic mass is 10.2. The maximum Gasteiger partial charge on any atom is 0.251 e. The number of amides is 1. The van der Waals surface area contributed by atoms with Gasteiger partial charge in [0.05, 0.1) is 21.5 Å². The lowest BCUT2D eigenvalue weighted by Gasteiger charge is -2.30. The van der Waals surface area contributed by atoms with Gasteiger partial charge in [0, 0.05) is 43.5 Å². The van der Waals surface area contributed by atoms with E-state index in [1.807, 2.05) is 36.9 Å². The largest absolute Gasteiger partial charge is 0.351 e. The van der Waals surface area contributed by atoms with E-state index in [4.69, 9.17) is 4.98 Å². The van der Waals surface area contributed by atoms with Gasteiger partial charge in [0.1, 0.15) is 5.01 Å². The van der Waals surface area contributed by atoms with E-state index in [0.717, 1.165) is 38.7 Å². The molecule has 6 nitrogen and oxygen atoms in total. The number of nitrogens with one attached hydrogen (secondary N) is 1. The molecule has 0 unspecified atom stereocenters. The van der Waals surface area contributed by atoms with Gasteiger partial charge in [-0.15, -0.1) is 11.3 Å². The molecule has 0 spiro atoms. The zero-order valence-electron chi connectivity index (χ0n) is 18.4. The lowest BCUT2D eigenvalue weighted by molar-refractivity contribution is 0.0939. The first-order chi connectivity index (χ1) is 13.7. The van der Waals surface area contributed by atoms with Crippen LogP contribution in [0, 0.1) is 13.8 Å². The minimum absolute atomic E-state index is 0.0388. The van der Waals surface area contributed by atoms with Gasteiger partial charge < -0.3 is 5.32 Å². The Kier molecular flexibility index (Phi) is 6.39. The third kappa shape index (κ3) is 4.51. The average molecular weight is 414 g/mol. The van der Waals surface area contributed by atoms with Gasteiger partial charge in [-0.2, -0.15) is 5.10 Å². The summed E-state index contributed by atoms with van der Waals surface area (Å²) in [6, 6.07) is 6.64. The maximum atomic E-state index is 12.6. The van der Waals surface area contributed by atoms with E-state index in [2.05, 4.69) is 49.9 Å². The fourth-order valence-electron chi connectivity index (χ4n) is 3.77. The molecule has 0 aliphatic rings. The molecule has 0 saturated heterocycles. The molecule has 1 amide bonds. The van der Waals surface area contributed by atoms with Crippen LogP contribution in [0.2, 0.25) is 0 Å². The molecule has 0 atom stereocenters. The molecule has 0 fully saturated rings. The summed E-state index contributed by atoms with van der Waals surface area (Å²) in [5.74, 6) is -0.0388. The molecule has 3 aromatic rings. The number of thiazole rings is 1. The van der Waals surface area contributed by atoms with Gasteiger partial charge in [0.25, 0.3) is 5.91 Å². The molecular formula is C22H31N5OS. The van der Waals surface area contributed by atoms with Crippen LogP contribution in [0.25, 0.3) is 20.8 Å². The average Bonchev–Trinajstić information content (AvgIpc) is 3.16. The highest BCUT2D eigenvalue weighted by Gasteiger charge is 2.17. The van der Waals surface area contributed by atoms with Crippen molar-refractivity contribution in [3.05, 3.63) is 35.2 Å². The summed E-state index contributed by atoms with van der Waals surface area (Å²) in [6.07, 6.45) is 0. The second-order valence-corrected chi connectivity index (χ2v) is 9.08. The number of hydrogen-bond donors (Lipinski definition) is 1. The summed E-state index contributed by atoms with van der Waals surface area (Å²) in [5, 5.41) is 8.49. The smallest absolute Gasteiger partial charge is 0.251 e. The highest BCUT2D eigenvalue weighted by molar-refractivity contribution is 7.21. The van der Waals surface area contributed by atoms with Crippen LogP contribution in [-0.2, 0) is 7.05 Å². The molecule has 7 heteroatoms. The molecule has 0 aliphatic heterocycles. The molecule has 2 heterocycles. The topological polar surface area (TPSA) is 63.1 Å². The minimum atomic E-state index is -0.0388. The van der Waals surface area contributed by atoms with Crippen LogP contribution in [0.1, 0.15) is 49.4 Å². The number of fused-ring (bicyclic) bond motifs is 1. The van der Waals surface area contributed by atoms with Gasteiger partial charge >= 0.3 is 0 Å². The van der Waals surface area contributed by atoms with Crippen LogP contribution >= 0.6 is 11.3 Å². The van der Waals surface area contributed by atoms with Crippen LogP contribution in [0.5, 0.6) is 0 Å². The van der Waals surface area contributed by atoms with Gasteiger partial charge in [-0.1, -0.05) is 0 Å². The number of rotatable bonds is 7. The van der Waals surface area contributed by atoms with Crippen LogP contribution in [-0.4, -0.2) is 50.7 Å². The van der Waals surface area contributed by atoms with Crippen LogP contribution in [0.3, 0.4) is 0 Å². The second-order valence-electron chi connectivity index (χ2n) is 8.05. The Hall–Kier alpha value is -2.25. The fourth-order valence-corrected chi connectivity index (χ4v) is 4.92. The van der Waals surface area contributed by atoms with E-state index >= 15 is 0 Å². The molecule has 1 aromatic carbocycles. The first-order valence-electron chi connectivity index (χ1n) is 10.1. The van der Waals surface area contributed by atoms with E-state index in [1.54, 1.807) is 11.3 Å².